The molecule has 0 aliphatic heterocycles. The van der Waals surface area contributed by atoms with Crippen LogP contribution in [0.4, 0.5) is 0 Å². The number of nitrogens with one attached hydrogen (secondary N) is 3. The monoisotopic (exact) mass is 322 g/mol. The van der Waals surface area contributed by atoms with Crippen LogP contribution in [0.5, 0.6) is 5.75 Å². The van der Waals surface area contributed by atoms with Gasteiger partial charge in [-0.15, -0.1) is 0 Å². The predicted octanol–water partition coefficient (Wildman–Crippen LogP) is 3.07. The fourth-order valence-electron chi connectivity index (χ4n) is 2.31. The second-order valence-electron chi connectivity index (χ2n) is 5.47. The van der Waals surface area contributed by atoms with Crippen LogP contribution in [0, 0.1) is 5.41 Å². The third-order valence-electron chi connectivity index (χ3n) is 3.33. The molecule has 0 fully saturated rings. The van der Waals surface area contributed by atoms with E-state index in [2.05, 4.69) is 32.0 Å². The van der Waals surface area contributed by atoms with E-state index in [1.165, 1.54) is 0 Å². The number of nitrogens with zero attached hydrogens (tertiary/aromatic N) is 3. The lowest BCUT2D eigenvalue weighted by atomic mass is 10.2. The Hall–Kier alpha value is -3.22. The average Bonchev–Trinajstić information content (AvgIpc) is 3.21. The minimum atomic E-state index is 0.0347. The molecule has 7 nitrogen and oxygen atoms in total. The van der Waals surface area contributed by atoms with Crippen molar-refractivity contribution in [2.75, 3.05) is 0 Å². The average molecular weight is 322 g/mol. The van der Waals surface area contributed by atoms with Crippen LogP contribution in [-0.4, -0.2) is 38.0 Å². The molecule has 0 radical (unpaired) electrons. The van der Waals surface area contributed by atoms with Gasteiger partial charge in [-0.3, -0.25) is 15.6 Å². The van der Waals surface area contributed by atoms with Crippen molar-refractivity contribution in [3.8, 4) is 5.75 Å². The fraction of sp³-hybridized carbons (Fsp3) is 0.176. The lowest BCUT2D eigenvalue weighted by Gasteiger charge is -2.09. The Bertz CT molecular complexity index is 904. The summed E-state index contributed by atoms with van der Waals surface area (Å²) in [6, 6.07) is 7.38. The summed E-state index contributed by atoms with van der Waals surface area (Å²) in [5.74, 6) is 0.766. The standard InChI is InChI=1S/C17H18N6O/c1-4-13(15-7-8-19-21-15)20-17(18)16-12-9-11(24-10(2)3)5-6-14(12)22-23-16/h4-10,18H,1H2,2-3H3,(H,19,21)(H,22,23). The van der Waals surface area contributed by atoms with Crippen LogP contribution in [0.2, 0.25) is 0 Å². The van der Waals surface area contributed by atoms with Gasteiger partial charge in [0.25, 0.3) is 0 Å². The second kappa shape index (κ2) is 6.49. The minimum absolute atomic E-state index is 0.0347. The van der Waals surface area contributed by atoms with Gasteiger partial charge in [-0.05, 0) is 44.2 Å². The Balaban J connectivity index is 1.99. The summed E-state index contributed by atoms with van der Waals surface area (Å²) in [4.78, 5) is 4.31. The molecule has 24 heavy (non-hydrogen) atoms. The molecular weight excluding hydrogens is 304 g/mol. The van der Waals surface area contributed by atoms with E-state index in [0.29, 0.717) is 17.1 Å². The molecule has 0 aliphatic carbocycles. The van der Waals surface area contributed by atoms with E-state index >= 15 is 0 Å². The van der Waals surface area contributed by atoms with Gasteiger partial charge in [0, 0.05) is 11.6 Å². The number of fused-ring (bicyclic) bond motifs is 1. The molecule has 122 valence electrons. The molecule has 3 N–H and O–H groups in total. The van der Waals surface area contributed by atoms with Crippen LogP contribution in [0.3, 0.4) is 0 Å². The number of ether oxygens (including phenoxy) is 1. The van der Waals surface area contributed by atoms with Crippen molar-refractivity contribution >= 4 is 22.5 Å². The van der Waals surface area contributed by atoms with Gasteiger partial charge >= 0.3 is 0 Å². The molecule has 2 heterocycles. The highest BCUT2D eigenvalue weighted by Crippen LogP contribution is 2.23. The van der Waals surface area contributed by atoms with Crippen molar-refractivity contribution in [2.45, 2.75) is 20.0 Å². The van der Waals surface area contributed by atoms with E-state index in [-0.39, 0.29) is 11.9 Å². The highest BCUT2D eigenvalue weighted by Gasteiger charge is 2.13. The topological polar surface area (TPSA) is 103 Å². The SMILES string of the molecule is C=CC(=NC(=N)c1n[nH]c2ccc(OC(C)C)cc12)c1ccn[nH]1. The Morgan fingerprint density at radius 3 is 2.83 bits per heavy atom. The van der Waals surface area contributed by atoms with Crippen LogP contribution < -0.4 is 4.74 Å². The summed E-state index contributed by atoms with van der Waals surface area (Å²) < 4.78 is 5.71. The fourth-order valence-corrected chi connectivity index (χ4v) is 2.31. The highest BCUT2D eigenvalue weighted by atomic mass is 16.5. The van der Waals surface area contributed by atoms with Crippen LogP contribution in [0.1, 0.15) is 25.2 Å². The van der Waals surface area contributed by atoms with Gasteiger partial charge in [-0.25, -0.2) is 4.99 Å². The third kappa shape index (κ3) is 3.10. The molecule has 0 saturated carbocycles. The molecule has 0 spiro atoms. The number of benzene rings is 1. The van der Waals surface area contributed by atoms with Gasteiger partial charge < -0.3 is 4.74 Å². The summed E-state index contributed by atoms with van der Waals surface area (Å²) in [5, 5.41) is 22.9. The molecule has 1 aromatic carbocycles. The molecule has 0 unspecified atom stereocenters. The van der Waals surface area contributed by atoms with E-state index in [1.54, 1.807) is 18.3 Å². The van der Waals surface area contributed by atoms with Crippen LogP contribution in [-0.2, 0) is 0 Å². The molecule has 0 atom stereocenters. The van der Waals surface area contributed by atoms with Gasteiger partial charge in [0.2, 0.25) is 0 Å². The van der Waals surface area contributed by atoms with Gasteiger partial charge in [0.15, 0.2) is 5.84 Å². The summed E-state index contributed by atoms with van der Waals surface area (Å²) in [6.45, 7) is 7.67. The van der Waals surface area contributed by atoms with Crippen molar-refractivity contribution in [2.24, 2.45) is 4.99 Å². The zero-order valence-corrected chi connectivity index (χ0v) is 13.5. The van der Waals surface area contributed by atoms with Crippen molar-refractivity contribution in [3.05, 3.63) is 54.5 Å². The summed E-state index contributed by atoms with van der Waals surface area (Å²) in [5.41, 5.74) is 2.50. The van der Waals surface area contributed by atoms with E-state index < -0.39 is 0 Å². The predicted molar refractivity (Wildman–Crippen MR) is 94.0 cm³/mol. The van der Waals surface area contributed by atoms with Crippen molar-refractivity contribution < 1.29 is 4.74 Å². The first kappa shape index (κ1) is 15.7. The number of amidine groups is 1. The molecule has 0 aliphatic rings. The molecule has 7 heteroatoms. The van der Waals surface area contributed by atoms with Crippen LogP contribution >= 0.6 is 0 Å². The maximum Gasteiger partial charge on any atom is 0.173 e. The van der Waals surface area contributed by atoms with Crippen molar-refractivity contribution in [1.29, 1.82) is 5.41 Å². The number of hydrogen-bond acceptors (Lipinski definition) is 4. The third-order valence-corrected chi connectivity index (χ3v) is 3.33. The van der Waals surface area contributed by atoms with Gasteiger partial charge in [0.1, 0.15) is 11.4 Å². The molecule has 0 bridgehead atoms. The number of aromatic nitrogens is 4. The molecule has 3 rings (SSSR count). The first-order valence-electron chi connectivity index (χ1n) is 7.53. The van der Waals surface area contributed by atoms with Crippen LogP contribution in [0.25, 0.3) is 10.9 Å². The number of allylic oxidation sites excluding steroid dienone is 1. The first-order chi connectivity index (χ1) is 11.6. The Labute approximate surface area is 139 Å². The van der Waals surface area contributed by atoms with Crippen molar-refractivity contribution in [1.82, 2.24) is 20.4 Å². The van der Waals surface area contributed by atoms with E-state index in [9.17, 15) is 0 Å². The largest absolute Gasteiger partial charge is 0.491 e. The molecule has 0 amide bonds. The second-order valence-corrected chi connectivity index (χ2v) is 5.47. The van der Waals surface area contributed by atoms with Crippen LogP contribution in [0.15, 0.2) is 48.1 Å². The molecule has 0 saturated heterocycles. The first-order valence-corrected chi connectivity index (χ1v) is 7.53. The maximum atomic E-state index is 8.28. The summed E-state index contributed by atoms with van der Waals surface area (Å²) >= 11 is 0. The summed E-state index contributed by atoms with van der Waals surface area (Å²) in [6.07, 6.45) is 3.27. The van der Waals surface area contributed by atoms with E-state index in [4.69, 9.17) is 10.1 Å². The molecule has 2 aromatic heterocycles. The quantitative estimate of drug-likeness (QED) is 0.497. The highest BCUT2D eigenvalue weighted by molar-refractivity contribution is 6.17. The number of hydrogen-bond donors (Lipinski definition) is 3. The lowest BCUT2D eigenvalue weighted by Crippen LogP contribution is -2.06. The Morgan fingerprint density at radius 1 is 1.33 bits per heavy atom. The van der Waals surface area contributed by atoms with E-state index in [1.807, 2.05) is 32.0 Å². The lowest BCUT2D eigenvalue weighted by molar-refractivity contribution is 0.243. The number of aromatic amines is 2. The number of H-pyrrole nitrogens is 2. The van der Waals surface area contributed by atoms with Gasteiger partial charge in [-0.2, -0.15) is 10.2 Å². The smallest absolute Gasteiger partial charge is 0.173 e. The maximum absolute atomic E-state index is 8.28. The van der Waals surface area contributed by atoms with Gasteiger partial charge in [0.05, 0.1) is 23.0 Å². The van der Waals surface area contributed by atoms with Crippen molar-refractivity contribution in [3.63, 3.8) is 0 Å². The van der Waals surface area contributed by atoms with Gasteiger partial charge in [-0.1, -0.05) is 6.58 Å². The Morgan fingerprint density at radius 2 is 2.17 bits per heavy atom. The normalized spacial score (nSPS) is 11.9. The molecule has 3 aromatic rings. The number of rotatable bonds is 5. The number of aliphatic imine (C=N–C) groups is 1. The zero-order valence-electron chi connectivity index (χ0n) is 13.5. The molecular formula is C17H18N6O. The minimum Gasteiger partial charge on any atom is -0.491 e. The zero-order chi connectivity index (χ0) is 17.1. The summed E-state index contributed by atoms with van der Waals surface area (Å²) in [7, 11) is 0. The Kier molecular flexibility index (Phi) is 4.24. The van der Waals surface area contributed by atoms with E-state index in [0.717, 1.165) is 16.7 Å².